The van der Waals surface area contributed by atoms with Gasteiger partial charge in [0.15, 0.2) is 17.3 Å². The molecule has 1 aliphatic rings. The molecule has 1 aliphatic carbocycles. The Hall–Kier alpha value is -3.35. The number of fused-ring (bicyclic) bond motifs is 1. The fraction of sp³-hybridized carbons (Fsp3) is 0.348. The lowest BCUT2D eigenvalue weighted by Crippen LogP contribution is -2.29. The van der Waals surface area contributed by atoms with E-state index < -0.39 is 35.1 Å². The van der Waals surface area contributed by atoms with Crippen LogP contribution in [0.1, 0.15) is 54.8 Å². The van der Waals surface area contributed by atoms with Crippen LogP contribution in [-0.2, 0) is 9.53 Å². The number of ether oxygens (including phenoxy) is 1. The van der Waals surface area contributed by atoms with Crippen molar-refractivity contribution in [3.05, 3.63) is 52.1 Å². The first kappa shape index (κ1) is 22.9. The number of anilines is 1. The molecule has 160 valence electrons. The Labute approximate surface area is 176 Å². The summed E-state index contributed by atoms with van der Waals surface area (Å²) < 4.78 is 5.48. The van der Waals surface area contributed by atoms with Crippen LogP contribution in [0.5, 0.6) is 11.5 Å². The molecule has 1 aromatic carbocycles. The van der Waals surface area contributed by atoms with Gasteiger partial charge in [-0.1, -0.05) is 17.2 Å². The third-order valence-corrected chi connectivity index (χ3v) is 4.52. The molecule has 1 atom stereocenters. The largest absolute Gasteiger partial charge is 0.507 e. The van der Waals surface area contributed by atoms with Gasteiger partial charge in [0.1, 0.15) is 11.9 Å². The highest BCUT2D eigenvalue weighted by Gasteiger charge is 2.37. The number of aromatic hydroxyl groups is 2. The first-order chi connectivity index (χ1) is 13.9. The minimum absolute atomic E-state index is 0.0499. The smallest absolute Gasteiger partial charge is 0.331 e. The van der Waals surface area contributed by atoms with Crippen molar-refractivity contribution in [1.29, 1.82) is 0 Å². The number of nitrogens with zero attached hydrogens (tertiary/aromatic N) is 1. The van der Waals surface area contributed by atoms with Gasteiger partial charge in [-0.25, -0.2) is 4.79 Å². The summed E-state index contributed by atoms with van der Waals surface area (Å²) in [7, 11) is 3.26. The van der Waals surface area contributed by atoms with Crippen LogP contribution in [0.2, 0.25) is 0 Å². The highest BCUT2D eigenvalue weighted by atomic mass is 16.5. The van der Waals surface area contributed by atoms with E-state index in [0.717, 1.165) is 17.2 Å². The van der Waals surface area contributed by atoms with Gasteiger partial charge in [0, 0.05) is 38.2 Å². The molecule has 0 saturated heterocycles. The Morgan fingerprint density at radius 2 is 1.73 bits per heavy atom. The Balaban J connectivity index is 2.59. The predicted molar refractivity (Wildman–Crippen MR) is 114 cm³/mol. The van der Waals surface area contributed by atoms with Crippen LogP contribution in [0, 0.1) is 0 Å². The number of Topliss-reactive ketones (excluding diaryl/α,β-unsaturated/α-hetero) is 1. The van der Waals surface area contributed by atoms with Crippen molar-refractivity contribution in [3.63, 3.8) is 0 Å². The lowest BCUT2D eigenvalue weighted by Gasteiger charge is -2.25. The molecule has 0 bridgehead atoms. The monoisotopic (exact) mass is 413 g/mol. The third kappa shape index (κ3) is 4.79. The van der Waals surface area contributed by atoms with Crippen LogP contribution in [0.15, 0.2) is 41.0 Å². The molecular weight excluding hydrogens is 386 g/mol. The van der Waals surface area contributed by atoms with Crippen molar-refractivity contribution in [3.8, 4) is 11.5 Å². The van der Waals surface area contributed by atoms with Gasteiger partial charge in [-0.2, -0.15) is 0 Å². The van der Waals surface area contributed by atoms with Gasteiger partial charge in [0.05, 0.1) is 16.8 Å². The molecule has 0 fully saturated rings. The van der Waals surface area contributed by atoms with Crippen LogP contribution >= 0.6 is 0 Å². The van der Waals surface area contributed by atoms with Crippen molar-refractivity contribution in [1.82, 2.24) is 0 Å². The molecule has 0 radical (unpaired) electrons. The zero-order valence-electron chi connectivity index (χ0n) is 18.1. The number of phenolic OH excluding ortho intramolecular Hbond substituents is 2. The molecule has 0 spiro atoms. The fourth-order valence-electron chi connectivity index (χ4n) is 3.11. The number of allylic oxidation sites excluding steroid dienone is 3. The lowest BCUT2D eigenvalue weighted by atomic mass is 9.84. The maximum Gasteiger partial charge on any atom is 0.331 e. The Morgan fingerprint density at radius 3 is 2.27 bits per heavy atom. The van der Waals surface area contributed by atoms with E-state index in [1.54, 1.807) is 34.0 Å². The van der Waals surface area contributed by atoms with Crippen LogP contribution in [0.25, 0.3) is 0 Å². The van der Waals surface area contributed by atoms with Gasteiger partial charge < -0.3 is 19.8 Å². The van der Waals surface area contributed by atoms with Gasteiger partial charge in [0.2, 0.25) is 0 Å². The van der Waals surface area contributed by atoms with Crippen molar-refractivity contribution in [2.45, 2.75) is 40.2 Å². The van der Waals surface area contributed by atoms with Crippen LogP contribution < -0.4 is 4.90 Å². The maximum atomic E-state index is 13.3. The van der Waals surface area contributed by atoms with Crippen molar-refractivity contribution >= 4 is 23.2 Å². The topological polar surface area (TPSA) is 104 Å². The lowest BCUT2D eigenvalue weighted by molar-refractivity contribution is -0.141. The van der Waals surface area contributed by atoms with Gasteiger partial charge in [-0.05, 0) is 33.8 Å². The van der Waals surface area contributed by atoms with Crippen molar-refractivity contribution in [2.75, 3.05) is 19.0 Å². The minimum atomic E-state index is -1.02. The summed E-state index contributed by atoms with van der Waals surface area (Å²) in [5.74, 6) is -2.75. The van der Waals surface area contributed by atoms with Gasteiger partial charge in [-0.15, -0.1) is 0 Å². The van der Waals surface area contributed by atoms with Gasteiger partial charge in [-0.3, -0.25) is 9.59 Å². The molecule has 0 aromatic heterocycles. The summed E-state index contributed by atoms with van der Waals surface area (Å²) in [6.45, 7) is 7.20. The van der Waals surface area contributed by atoms with E-state index in [1.165, 1.54) is 17.0 Å². The van der Waals surface area contributed by atoms with Crippen molar-refractivity contribution in [2.24, 2.45) is 0 Å². The summed E-state index contributed by atoms with van der Waals surface area (Å²) in [4.78, 5) is 39.7. The van der Waals surface area contributed by atoms with Crippen molar-refractivity contribution < 1.29 is 29.3 Å². The molecule has 0 heterocycles. The van der Waals surface area contributed by atoms with E-state index in [4.69, 9.17) is 4.74 Å². The second-order valence-electron chi connectivity index (χ2n) is 7.87. The molecular formula is C23H27NO6. The van der Waals surface area contributed by atoms with E-state index >= 15 is 0 Å². The highest BCUT2D eigenvalue weighted by Crippen LogP contribution is 2.42. The average molecular weight is 413 g/mol. The number of rotatable bonds is 6. The van der Waals surface area contributed by atoms with E-state index in [2.05, 4.69) is 0 Å². The van der Waals surface area contributed by atoms with E-state index in [0.29, 0.717) is 0 Å². The number of benzene rings is 1. The molecule has 0 aliphatic heterocycles. The van der Waals surface area contributed by atoms with E-state index in [9.17, 15) is 24.6 Å². The van der Waals surface area contributed by atoms with Crippen LogP contribution in [0.4, 0.5) is 5.69 Å². The number of hydrogen-bond acceptors (Lipinski definition) is 7. The third-order valence-electron chi connectivity index (χ3n) is 4.52. The SMILES string of the molecule is CC(C)=CCC(OC(=O)C=C(C)C)C1=CC(=O)c2c(O)cc(N(C)C)c(O)c2C1=O. The molecule has 7 heteroatoms. The summed E-state index contributed by atoms with van der Waals surface area (Å²) >= 11 is 0. The van der Waals surface area contributed by atoms with E-state index in [1.807, 2.05) is 13.8 Å². The zero-order chi connectivity index (χ0) is 22.7. The van der Waals surface area contributed by atoms with Gasteiger partial charge >= 0.3 is 5.97 Å². The normalized spacial score (nSPS) is 13.7. The molecule has 0 saturated carbocycles. The fourth-order valence-corrected chi connectivity index (χ4v) is 3.11. The number of hydrogen-bond donors (Lipinski definition) is 2. The molecule has 1 unspecified atom stereocenters. The van der Waals surface area contributed by atoms with Crippen LogP contribution in [0.3, 0.4) is 0 Å². The Kier molecular flexibility index (Phi) is 6.87. The summed E-state index contributed by atoms with van der Waals surface area (Å²) in [6, 6.07) is 1.23. The zero-order valence-corrected chi connectivity index (χ0v) is 18.1. The summed E-state index contributed by atoms with van der Waals surface area (Å²) in [5, 5.41) is 21.0. The number of esters is 1. The number of phenols is 2. The number of carbonyl (C=O) groups excluding carboxylic acids is 3. The molecule has 30 heavy (non-hydrogen) atoms. The molecule has 0 amide bonds. The molecule has 1 aromatic rings. The quantitative estimate of drug-likeness (QED) is 0.317. The second kappa shape index (κ2) is 8.98. The van der Waals surface area contributed by atoms with Crippen LogP contribution in [-0.4, -0.2) is 47.9 Å². The van der Waals surface area contributed by atoms with Gasteiger partial charge in [0.25, 0.3) is 0 Å². The first-order valence-electron chi connectivity index (χ1n) is 9.49. The summed E-state index contributed by atoms with van der Waals surface area (Å²) in [5.41, 5.74) is 1.26. The maximum absolute atomic E-state index is 13.3. The molecule has 7 nitrogen and oxygen atoms in total. The van der Waals surface area contributed by atoms with E-state index in [-0.39, 0.29) is 28.8 Å². The molecule has 2 rings (SSSR count). The average Bonchev–Trinajstić information content (AvgIpc) is 2.62. The molecule has 2 N–H and O–H groups in total. The standard InChI is InChI=1S/C23H27NO6/c1-12(2)7-8-18(30-19(27)9-13(3)4)14-10-16(25)20-17(26)11-15(24(5)6)23(29)21(20)22(14)28/h7,9-11,18,26,29H,8H2,1-6H3. The summed E-state index contributed by atoms with van der Waals surface area (Å²) in [6.07, 6.45) is 3.33. The number of carbonyl (C=O) groups is 3. The Morgan fingerprint density at radius 1 is 1.10 bits per heavy atom. The Bertz CT molecular complexity index is 989. The predicted octanol–water partition coefficient (Wildman–Crippen LogP) is 3.70. The first-order valence-corrected chi connectivity index (χ1v) is 9.49. The number of ketones is 2. The highest BCUT2D eigenvalue weighted by molar-refractivity contribution is 6.27. The minimum Gasteiger partial charge on any atom is -0.507 e. The second-order valence-corrected chi connectivity index (χ2v) is 7.87.